The van der Waals surface area contributed by atoms with E-state index in [2.05, 4.69) is 9.60 Å². The predicted octanol–water partition coefficient (Wildman–Crippen LogP) is 1.70. The summed E-state index contributed by atoms with van der Waals surface area (Å²) in [4.78, 5) is 12.1. The number of carbonyl (C=O) groups is 1. The maximum Gasteiger partial charge on any atom is 0.459 e. The van der Waals surface area contributed by atoms with Crippen LogP contribution in [0, 0.1) is 11.8 Å². The van der Waals surface area contributed by atoms with Gasteiger partial charge in [0.2, 0.25) is 11.8 Å². The molecule has 0 radical (unpaired) electrons. The van der Waals surface area contributed by atoms with Crippen LogP contribution in [0.25, 0.3) is 0 Å². The molecule has 158 valence electrons. The number of amides is 1. The van der Waals surface area contributed by atoms with Gasteiger partial charge in [-0.15, -0.1) is 0 Å². The summed E-state index contributed by atoms with van der Waals surface area (Å²) in [7, 11) is -5.84. The third-order valence-corrected chi connectivity index (χ3v) is 7.95. The number of rotatable bonds is 5. The van der Waals surface area contributed by atoms with Gasteiger partial charge in [-0.3, -0.25) is 9.08 Å². The zero-order valence-electron chi connectivity index (χ0n) is 15.2. The lowest BCUT2D eigenvalue weighted by Crippen LogP contribution is -2.52. The molecule has 0 aromatic carbocycles. The Hall–Kier alpha value is -2.30. The van der Waals surface area contributed by atoms with Crippen LogP contribution in [-0.2, 0) is 14.9 Å². The molecule has 8 nitrogen and oxygen atoms in total. The van der Waals surface area contributed by atoms with Crippen molar-refractivity contribution in [2.24, 2.45) is 11.8 Å². The Morgan fingerprint density at radius 3 is 2.24 bits per heavy atom. The second kappa shape index (κ2) is 5.87. The third kappa shape index (κ3) is 2.52. The number of hydrogen-bond acceptors (Lipinski definition) is 6. The van der Waals surface area contributed by atoms with Crippen molar-refractivity contribution >= 4 is 16.0 Å². The van der Waals surface area contributed by atoms with Crippen molar-refractivity contribution in [3.63, 3.8) is 0 Å². The summed E-state index contributed by atoms with van der Waals surface area (Å²) in [6.07, 6.45) is 7.36. The maximum atomic E-state index is 14.5. The fourth-order valence-electron chi connectivity index (χ4n) is 5.42. The van der Waals surface area contributed by atoms with Crippen molar-refractivity contribution in [1.29, 1.82) is 0 Å². The monoisotopic (exact) mass is 430 g/mol. The van der Waals surface area contributed by atoms with Crippen molar-refractivity contribution in [2.75, 3.05) is 0 Å². The molecular weight excluding hydrogens is 410 g/mol. The summed E-state index contributed by atoms with van der Waals surface area (Å²) in [5.74, 6) is -3.55. The van der Waals surface area contributed by atoms with E-state index in [1.807, 2.05) is 0 Å². The molecule has 1 aromatic heterocycles. The lowest BCUT2D eigenvalue weighted by Gasteiger charge is -2.25. The topological polar surface area (TPSA) is 118 Å². The molecule has 1 heterocycles. The Kier molecular flexibility index (Phi) is 3.78. The molecule has 2 fully saturated rings. The Labute approximate surface area is 165 Å². The van der Waals surface area contributed by atoms with Crippen LogP contribution in [0.3, 0.4) is 0 Å². The highest BCUT2D eigenvalue weighted by molar-refractivity contribution is 7.88. The van der Waals surface area contributed by atoms with Crippen LogP contribution in [0.15, 0.2) is 12.2 Å². The lowest BCUT2D eigenvalue weighted by molar-refractivity contribution is -0.137. The van der Waals surface area contributed by atoms with E-state index in [1.54, 1.807) is 12.2 Å². The molecule has 0 aliphatic heterocycles. The second-order valence-electron chi connectivity index (χ2n) is 8.40. The van der Waals surface area contributed by atoms with Gasteiger partial charge >= 0.3 is 21.3 Å². The molecule has 5 unspecified atom stereocenters. The quantitative estimate of drug-likeness (QED) is 0.612. The van der Waals surface area contributed by atoms with Gasteiger partial charge in [-0.05, 0) is 37.5 Å². The highest BCUT2D eigenvalue weighted by atomic mass is 32.2. The molecule has 0 saturated heterocycles. The van der Waals surface area contributed by atoms with Crippen LogP contribution in [0.4, 0.5) is 8.78 Å². The van der Waals surface area contributed by atoms with Gasteiger partial charge in [0.25, 0.3) is 0 Å². The summed E-state index contributed by atoms with van der Waals surface area (Å²) in [6.45, 7) is 0. The minimum absolute atomic E-state index is 0.0604. The molecule has 2 saturated carbocycles. The fourth-order valence-corrected chi connectivity index (χ4v) is 6.14. The van der Waals surface area contributed by atoms with Crippen LogP contribution >= 0.6 is 0 Å². The molecule has 1 aromatic rings. The van der Waals surface area contributed by atoms with Crippen molar-refractivity contribution in [3.05, 3.63) is 23.3 Å². The summed E-state index contributed by atoms with van der Waals surface area (Å²) >= 11 is 0. The normalized spacial score (nSPS) is 32.0. The zero-order chi connectivity index (χ0) is 20.7. The SMILES string of the molecule is O=C(NC1CC2CCC1C2)C(F)(F)S(=O)(=O)On1c(O)c2c(c1O)C1C=CC2C1. The second-order valence-corrected chi connectivity index (χ2v) is 9.97. The van der Waals surface area contributed by atoms with E-state index >= 15 is 0 Å². The number of aromatic hydroxyl groups is 2. The smallest absolute Gasteiger partial charge is 0.459 e. The number of nitrogens with zero attached hydrogens (tertiary/aromatic N) is 1. The first-order valence-corrected chi connectivity index (χ1v) is 11.0. The Morgan fingerprint density at radius 1 is 1.10 bits per heavy atom. The van der Waals surface area contributed by atoms with Gasteiger partial charge in [-0.1, -0.05) is 23.3 Å². The zero-order valence-corrected chi connectivity index (χ0v) is 16.0. The molecule has 11 heteroatoms. The summed E-state index contributed by atoms with van der Waals surface area (Å²) in [6, 6.07) is -0.485. The first-order valence-electron chi connectivity index (χ1n) is 9.58. The van der Waals surface area contributed by atoms with Gasteiger partial charge in [-0.25, -0.2) is 0 Å². The summed E-state index contributed by atoms with van der Waals surface area (Å²) in [5.41, 5.74) is 0.500. The Morgan fingerprint density at radius 2 is 1.72 bits per heavy atom. The van der Waals surface area contributed by atoms with Crippen LogP contribution in [0.5, 0.6) is 11.8 Å². The van der Waals surface area contributed by atoms with E-state index in [0.717, 1.165) is 19.3 Å². The molecule has 4 aliphatic rings. The Bertz CT molecular complexity index is 998. The van der Waals surface area contributed by atoms with Crippen molar-refractivity contribution in [3.8, 4) is 11.8 Å². The number of fused-ring (bicyclic) bond motifs is 7. The summed E-state index contributed by atoms with van der Waals surface area (Å²) < 4.78 is 57.8. The van der Waals surface area contributed by atoms with E-state index in [9.17, 15) is 32.2 Å². The van der Waals surface area contributed by atoms with Crippen molar-refractivity contribution in [1.82, 2.24) is 10.0 Å². The first kappa shape index (κ1) is 18.7. The molecule has 5 atom stereocenters. The van der Waals surface area contributed by atoms with Crippen LogP contribution in [-0.4, -0.2) is 40.6 Å². The molecule has 1 amide bonds. The average Bonchev–Trinajstić information content (AvgIpc) is 3.46. The summed E-state index contributed by atoms with van der Waals surface area (Å²) in [5, 5.41) is 17.8. The number of halogens is 2. The minimum Gasteiger partial charge on any atom is -0.492 e. The van der Waals surface area contributed by atoms with Gasteiger partial charge in [0.15, 0.2) is 0 Å². The number of aromatic nitrogens is 1. The fraction of sp³-hybridized carbons (Fsp3) is 0.611. The predicted molar refractivity (Wildman–Crippen MR) is 94.8 cm³/mol. The number of alkyl halides is 2. The van der Waals surface area contributed by atoms with Gasteiger partial charge < -0.3 is 15.5 Å². The number of hydrogen-bond donors (Lipinski definition) is 3. The molecule has 4 bridgehead atoms. The standard InChI is InChI=1S/C18H20F2N2O6S/c19-18(20,17(25)21-12-6-8-1-2-9(12)5-8)29(26,27)28-22-15(23)13-10-3-4-11(7-10)14(13)16(22)24/h3-4,8-12,23-24H,1-2,5-7H2,(H,21,25). The number of allylic oxidation sites excluding steroid dienone is 2. The molecule has 5 rings (SSSR count). The lowest BCUT2D eigenvalue weighted by atomic mass is 9.95. The molecule has 4 aliphatic carbocycles. The first-order chi connectivity index (χ1) is 13.6. The average molecular weight is 430 g/mol. The Balaban J connectivity index is 1.38. The van der Waals surface area contributed by atoms with Crippen LogP contribution in [0.1, 0.15) is 55.1 Å². The van der Waals surface area contributed by atoms with E-state index in [1.165, 1.54) is 0 Å². The number of carbonyl (C=O) groups excluding carboxylic acids is 1. The van der Waals surface area contributed by atoms with Crippen molar-refractivity contribution in [2.45, 2.75) is 55.2 Å². The van der Waals surface area contributed by atoms with E-state index in [-0.39, 0.29) is 33.6 Å². The van der Waals surface area contributed by atoms with Gasteiger partial charge in [0, 0.05) is 29.0 Å². The molecule has 3 N–H and O–H groups in total. The van der Waals surface area contributed by atoms with Gasteiger partial charge in [0.05, 0.1) is 0 Å². The van der Waals surface area contributed by atoms with Crippen LogP contribution < -0.4 is 9.60 Å². The largest absolute Gasteiger partial charge is 0.492 e. The number of nitrogens with one attached hydrogen (secondary N) is 1. The highest BCUT2D eigenvalue weighted by Crippen LogP contribution is 2.56. The maximum absolute atomic E-state index is 14.5. The van der Waals surface area contributed by atoms with Crippen molar-refractivity contribution < 1.29 is 36.5 Å². The van der Waals surface area contributed by atoms with Gasteiger partial charge in [-0.2, -0.15) is 17.2 Å². The highest BCUT2D eigenvalue weighted by Gasteiger charge is 2.58. The van der Waals surface area contributed by atoms with Crippen LogP contribution in [0.2, 0.25) is 0 Å². The minimum atomic E-state index is -5.84. The van der Waals surface area contributed by atoms with E-state index in [0.29, 0.717) is 18.8 Å². The van der Waals surface area contributed by atoms with E-state index in [4.69, 9.17) is 0 Å². The van der Waals surface area contributed by atoms with E-state index < -0.39 is 39.1 Å². The molecule has 0 spiro atoms. The molecular formula is C18H20F2N2O6S. The molecule has 29 heavy (non-hydrogen) atoms. The van der Waals surface area contributed by atoms with Gasteiger partial charge in [0.1, 0.15) is 0 Å². The third-order valence-electron chi connectivity index (χ3n) is 6.79.